The maximum atomic E-state index is 11.0. The van der Waals surface area contributed by atoms with E-state index in [2.05, 4.69) is 20.8 Å². The minimum Gasteiger partial charge on any atom is -0.481 e. The zero-order valence-electron chi connectivity index (χ0n) is 10.1. The Labute approximate surface area is 91.5 Å². The molecule has 3 atom stereocenters. The molecule has 1 aliphatic carbocycles. The molecule has 1 rings (SSSR count). The van der Waals surface area contributed by atoms with Crippen LogP contribution in [-0.2, 0) is 4.79 Å². The van der Waals surface area contributed by atoms with Gasteiger partial charge in [-0.2, -0.15) is 0 Å². The van der Waals surface area contributed by atoms with Gasteiger partial charge in [-0.25, -0.2) is 0 Å². The van der Waals surface area contributed by atoms with E-state index in [0.29, 0.717) is 18.8 Å². The molecule has 1 aliphatic rings. The Kier molecular flexibility index (Phi) is 3.15. The van der Waals surface area contributed by atoms with Crippen molar-refractivity contribution in [3.63, 3.8) is 0 Å². The summed E-state index contributed by atoms with van der Waals surface area (Å²) in [4.78, 5) is 11.0. The summed E-state index contributed by atoms with van der Waals surface area (Å²) in [7, 11) is 0. The lowest BCUT2D eigenvalue weighted by atomic mass is 9.62. The van der Waals surface area contributed by atoms with Gasteiger partial charge < -0.3 is 10.2 Å². The molecule has 0 aromatic heterocycles. The van der Waals surface area contributed by atoms with E-state index in [4.69, 9.17) is 5.11 Å². The topological polar surface area (TPSA) is 57.5 Å². The quantitative estimate of drug-likeness (QED) is 0.741. The van der Waals surface area contributed by atoms with Crippen molar-refractivity contribution in [1.82, 2.24) is 0 Å². The molecule has 1 fully saturated rings. The lowest BCUT2D eigenvalue weighted by Gasteiger charge is -2.46. The zero-order chi connectivity index (χ0) is 11.9. The number of rotatable bonds is 2. The van der Waals surface area contributed by atoms with Crippen LogP contribution in [0.15, 0.2) is 0 Å². The van der Waals surface area contributed by atoms with E-state index in [1.807, 2.05) is 0 Å². The number of hydrogen-bond donors (Lipinski definition) is 2. The van der Waals surface area contributed by atoms with Crippen LogP contribution in [0.5, 0.6) is 0 Å². The minimum atomic E-state index is -1.03. The van der Waals surface area contributed by atoms with Crippen LogP contribution in [-0.4, -0.2) is 21.8 Å². The summed E-state index contributed by atoms with van der Waals surface area (Å²) in [5.74, 6) is -1.19. The molecule has 0 aromatic carbocycles. The Morgan fingerprint density at radius 1 is 1.40 bits per heavy atom. The van der Waals surface area contributed by atoms with Crippen molar-refractivity contribution in [1.29, 1.82) is 0 Å². The molecule has 1 saturated carbocycles. The van der Waals surface area contributed by atoms with Gasteiger partial charge in [0.2, 0.25) is 0 Å². The molecule has 2 N–H and O–H groups in total. The lowest BCUT2D eigenvalue weighted by Crippen LogP contribution is -2.49. The second-order valence-corrected chi connectivity index (χ2v) is 6.02. The van der Waals surface area contributed by atoms with E-state index >= 15 is 0 Å². The standard InChI is InChI=1S/C12H22O3/c1-8-5-11(3,4)7-12(15,6-8)9(2)10(13)14/h8-9,15H,5-7H2,1-4H3,(H,13,14). The summed E-state index contributed by atoms with van der Waals surface area (Å²) < 4.78 is 0. The summed E-state index contributed by atoms with van der Waals surface area (Å²) in [6, 6.07) is 0. The van der Waals surface area contributed by atoms with Gasteiger partial charge in [-0.1, -0.05) is 20.8 Å². The molecule has 15 heavy (non-hydrogen) atoms. The molecule has 3 heteroatoms. The van der Waals surface area contributed by atoms with Crippen molar-refractivity contribution in [2.75, 3.05) is 0 Å². The van der Waals surface area contributed by atoms with E-state index in [-0.39, 0.29) is 5.41 Å². The highest BCUT2D eigenvalue weighted by Gasteiger charge is 2.47. The van der Waals surface area contributed by atoms with Crippen molar-refractivity contribution in [2.45, 2.75) is 52.6 Å². The molecule has 0 aliphatic heterocycles. The van der Waals surface area contributed by atoms with E-state index in [9.17, 15) is 9.90 Å². The molecule has 3 nitrogen and oxygen atoms in total. The highest BCUT2D eigenvalue weighted by molar-refractivity contribution is 5.71. The molecule has 0 aromatic rings. The van der Waals surface area contributed by atoms with E-state index in [1.165, 1.54) is 0 Å². The smallest absolute Gasteiger partial charge is 0.309 e. The highest BCUT2D eigenvalue weighted by atomic mass is 16.4. The first kappa shape index (κ1) is 12.5. The van der Waals surface area contributed by atoms with Crippen molar-refractivity contribution >= 4 is 5.97 Å². The number of aliphatic carboxylic acids is 1. The van der Waals surface area contributed by atoms with Crippen LogP contribution in [0, 0.1) is 17.3 Å². The number of hydrogen-bond acceptors (Lipinski definition) is 2. The second kappa shape index (κ2) is 3.78. The predicted molar refractivity (Wildman–Crippen MR) is 58.5 cm³/mol. The Morgan fingerprint density at radius 3 is 2.33 bits per heavy atom. The Bertz CT molecular complexity index is 260. The largest absolute Gasteiger partial charge is 0.481 e. The fourth-order valence-corrected chi connectivity index (χ4v) is 3.15. The second-order valence-electron chi connectivity index (χ2n) is 6.02. The molecule has 0 amide bonds. The van der Waals surface area contributed by atoms with Gasteiger partial charge in [0.1, 0.15) is 0 Å². The van der Waals surface area contributed by atoms with Crippen molar-refractivity contribution < 1.29 is 15.0 Å². The van der Waals surface area contributed by atoms with Gasteiger partial charge in [0, 0.05) is 0 Å². The van der Waals surface area contributed by atoms with Crippen LogP contribution in [0.1, 0.15) is 47.0 Å². The molecule has 0 bridgehead atoms. The monoisotopic (exact) mass is 214 g/mol. The Hall–Kier alpha value is -0.570. The first-order chi connectivity index (χ1) is 6.66. The van der Waals surface area contributed by atoms with Gasteiger partial charge in [-0.05, 0) is 37.5 Å². The summed E-state index contributed by atoms with van der Waals surface area (Å²) in [5.41, 5.74) is -0.997. The van der Waals surface area contributed by atoms with Crippen LogP contribution in [0.4, 0.5) is 0 Å². The van der Waals surface area contributed by atoms with Gasteiger partial charge in [-0.3, -0.25) is 4.79 Å². The number of carboxylic acid groups (broad SMARTS) is 1. The number of carbonyl (C=O) groups is 1. The van der Waals surface area contributed by atoms with E-state index in [0.717, 1.165) is 6.42 Å². The van der Waals surface area contributed by atoms with E-state index in [1.54, 1.807) is 6.92 Å². The maximum Gasteiger partial charge on any atom is 0.309 e. The average Bonchev–Trinajstić information content (AvgIpc) is 1.97. The Morgan fingerprint density at radius 2 is 1.93 bits per heavy atom. The highest BCUT2D eigenvalue weighted by Crippen LogP contribution is 2.46. The fraction of sp³-hybridized carbons (Fsp3) is 0.917. The van der Waals surface area contributed by atoms with Gasteiger partial charge >= 0.3 is 5.97 Å². The molecular formula is C12H22O3. The van der Waals surface area contributed by atoms with Crippen molar-refractivity contribution in [3.8, 4) is 0 Å². The molecular weight excluding hydrogens is 192 g/mol. The van der Waals surface area contributed by atoms with Gasteiger partial charge in [-0.15, -0.1) is 0 Å². The lowest BCUT2D eigenvalue weighted by molar-refractivity contribution is -0.159. The average molecular weight is 214 g/mol. The number of aliphatic hydroxyl groups is 1. The molecule has 0 saturated heterocycles. The molecule has 3 unspecified atom stereocenters. The molecule has 0 radical (unpaired) electrons. The predicted octanol–water partition coefficient (Wildman–Crippen LogP) is 2.28. The van der Waals surface area contributed by atoms with Gasteiger partial charge in [0.25, 0.3) is 0 Å². The van der Waals surface area contributed by atoms with Crippen LogP contribution >= 0.6 is 0 Å². The third-order valence-corrected chi connectivity index (χ3v) is 3.56. The van der Waals surface area contributed by atoms with Crippen LogP contribution in [0.25, 0.3) is 0 Å². The van der Waals surface area contributed by atoms with Crippen molar-refractivity contribution in [2.24, 2.45) is 17.3 Å². The summed E-state index contributed by atoms with van der Waals surface area (Å²) >= 11 is 0. The van der Waals surface area contributed by atoms with Crippen LogP contribution in [0.3, 0.4) is 0 Å². The maximum absolute atomic E-state index is 11.0. The summed E-state index contributed by atoms with van der Waals surface area (Å²) in [5, 5.41) is 19.4. The first-order valence-electron chi connectivity index (χ1n) is 5.61. The number of carboxylic acids is 1. The molecule has 88 valence electrons. The SMILES string of the molecule is CC1CC(C)(C)CC(O)(C(C)C(=O)O)C1. The van der Waals surface area contributed by atoms with Gasteiger partial charge in [0.15, 0.2) is 0 Å². The molecule has 0 heterocycles. The normalized spacial score (nSPS) is 37.3. The van der Waals surface area contributed by atoms with Crippen molar-refractivity contribution in [3.05, 3.63) is 0 Å². The Balaban J connectivity index is 2.88. The zero-order valence-corrected chi connectivity index (χ0v) is 10.1. The van der Waals surface area contributed by atoms with Crippen LogP contribution in [0.2, 0.25) is 0 Å². The summed E-state index contributed by atoms with van der Waals surface area (Å²) in [6.07, 6.45) is 2.24. The first-order valence-corrected chi connectivity index (χ1v) is 5.61. The third-order valence-electron chi connectivity index (χ3n) is 3.56. The van der Waals surface area contributed by atoms with Crippen LogP contribution < -0.4 is 0 Å². The molecule has 0 spiro atoms. The van der Waals surface area contributed by atoms with Gasteiger partial charge in [0.05, 0.1) is 11.5 Å². The summed E-state index contributed by atoms with van der Waals surface area (Å²) in [6.45, 7) is 7.89. The third kappa shape index (κ3) is 2.71. The fourth-order valence-electron chi connectivity index (χ4n) is 3.15. The minimum absolute atomic E-state index is 0.0378. The van der Waals surface area contributed by atoms with E-state index < -0.39 is 17.5 Å².